The van der Waals surface area contributed by atoms with Gasteiger partial charge in [-0.05, 0) is 42.5 Å². The molecule has 0 fully saturated rings. The first kappa shape index (κ1) is 20.1. The minimum atomic E-state index is -4.07. The molecule has 0 amide bonds. The number of nitrogens with two attached hydrogens (primary N) is 1. The van der Waals surface area contributed by atoms with Crippen LogP contribution >= 0.6 is 11.6 Å². The topological polar surface area (TPSA) is 116 Å². The number of rotatable bonds is 4. The first-order valence-corrected chi connectivity index (χ1v) is 11.3. The van der Waals surface area contributed by atoms with E-state index in [1.165, 1.54) is 23.0 Å². The number of nitrogens with zero attached hydrogens (tertiary/aromatic N) is 5. The summed E-state index contributed by atoms with van der Waals surface area (Å²) in [6.45, 7) is 0. The van der Waals surface area contributed by atoms with E-state index in [9.17, 15) is 8.42 Å². The summed E-state index contributed by atoms with van der Waals surface area (Å²) in [4.78, 5) is 13.2. The lowest BCUT2D eigenvalue weighted by Gasteiger charge is -2.05. The Labute approximate surface area is 187 Å². The third kappa shape index (κ3) is 3.37. The smallest absolute Gasteiger partial charge is 0.212 e. The minimum Gasteiger partial charge on any atom is -0.382 e. The van der Waals surface area contributed by atoms with E-state index in [-0.39, 0.29) is 31.8 Å². The SMILES string of the molecule is Nc1c(S(=O)(=O)c2cccc(Cl)c2)c2nc3ccccc3nc2n1/N=C\c1ccccn1. The van der Waals surface area contributed by atoms with E-state index in [1.807, 2.05) is 12.1 Å². The molecule has 0 unspecified atom stereocenters. The Morgan fingerprint density at radius 2 is 1.72 bits per heavy atom. The molecule has 5 aromatic rings. The molecule has 8 nitrogen and oxygen atoms in total. The van der Waals surface area contributed by atoms with Gasteiger partial charge in [0.1, 0.15) is 16.2 Å². The first-order chi connectivity index (χ1) is 15.4. The largest absolute Gasteiger partial charge is 0.382 e. The summed E-state index contributed by atoms with van der Waals surface area (Å²) >= 11 is 6.04. The molecule has 3 aromatic heterocycles. The van der Waals surface area contributed by atoms with Gasteiger partial charge in [0.05, 0.1) is 27.8 Å². The van der Waals surface area contributed by atoms with Crippen LogP contribution in [0.15, 0.2) is 87.8 Å². The van der Waals surface area contributed by atoms with E-state index >= 15 is 0 Å². The Morgan fingerprint density at radius 1 is 0.969 bits per heavy atom. The van der Waals surface area contributed by atoms with Crippen molar-refractivity contribution < 1.29 is 8.42 Å². The number of hydrogen-bond donors (Lipinski definition) is 1. The Kier molecular flexibility index (Phi) is 4.84. The van der Waals surface area contributed by atoms with Crippen LogP contribution in [0.3, 0.4) is 0 Å². The Morgan fingerprint density at radius 3 is 2.44 bits per heavy atom. The predicted octanol–water partition coefficient (Wildman–Crippen LogP) is 3.93. The molecule has 0 aliphatic heterocycles. The molecule has 5 rings (SSSR count). The van der Waals surface area contributed by atoms with E-state index in [4.69, 9.17) is 17.3 Å². The summed E-state index contributed by atoms with van der Waals surface area (Å²) in [6.07, 6.45) is 3.10. The molecule has 0 aliphatic rings. The average molecular weight is 463 g/mol. The molecule has 0 spiro atoms. The standard InChI is InChI=1S/C22H15ClN6O2S/c23-14-6-5-8-16(12-14)32(30,31)20-19-22(28-18-10-2-1-9-17(18)27-19)29(21(20)24)26-13-15-7-3-4-11-25-15/h1-13H,24H2/b26-13-. The normalized spacial score (nSPS) is 12.2. The quantitative estimate of drug-likeness (QED) is 0.404. The second kappa shape index (κ2) is 7.70. The van der Waals surface area contributed by atoms with Crippen molar-refractivity contribution in [3.8, 4) is 0 Å². The van der Waals surface area contributed by atoms with E-state index in [0.29, 0.717) is 16.7 Å². The van der Waals surface area contributed by atoms with Gasteiger partial charge in [-0.3, -0.25) is 4.98 Å². The maximum Gasteiger partial charge on any atom is 0.212 e. The second-order valence-corrected chi connectivity index (χ2v) is 9.19. The lowest BCUT2D eigenvalue weighted by atomic mass is 10.3. The summed E-state index contributed by atoms with van der Waals surface area (Å²) in [5, 5.41) is 4.66. The molecule has 3 heterocycles. The van der Waals surface area contributed by atoms with Crippen LogP contribution in [0.2, 0.25) is 5.02 Å². The van der Waals surface area contributed by atoms with Crippen molar-refractivity contribution in [2.45, 2.75) is 9.79 Å². The third-order valence-corrected chi connectivity index (χ3v) is 6.85. The number of para-hydroxylation sites is 2. The molecular weight excluding hydrogens is 448 g/mol. The van der Waals surface area contributed by atoms with Crippen LogP contribution in [0.1, 0.15) is 5.69 Å². The maximum atomic E-state index is 13.6. The number of fused-ring (bicyclic) bond motifs is 2. The van der Waals surface area contributed by atoms with Gasteiger partial charge < -0.3 is 5.73 Å². The number of anilines is 1. The molecule has 0 saturated carbocycles. The van der Waals surface area contributed by atoms with Crippen molar-refractivity contribution in [3.05, 3.63) is 83.6 Å². The highest BCUT2D eigenvalue weighted by Gasteiger charge is 2.30. The molecule has 0 aliphatic carbocycles. The molecule has 0 saturated heterocycles. The van der Waals surface area contributed by atoms with E-state index < -0.39 is 9.84 Å². The van der Waals surface area contributed by atoms with Gasteiger partial charge in [-0.15, -0.1) is 0 Å². The van der Waals surface area contributed by atoms with Gasteiger partial charge in [0, 0.05) is 11.2 Å². The van der Waals surface area contributed by atoms with Crippen LogP contribution in [-0.2, 0) is 9.84 Å². The zero-order valence-electron chi connectivity index (χ0n) is 16.4. The second-order valence-electron chi connectivity index (χ2n) is 6.87. The Balaban J connectivity index is 1.82. The zero-order valence-corrected chi connectivity index (χ0v) is 18.0. The predicted molar refractivity (Wildman–Crippen MR) is 124 cm³/mol. The van der Waals surface area contributed by atoms with Gasteiger partial charge in [-0.1, -0.05) is 35.9 Å². The number of halogens is 1. The number of benzene rings is 2. The van der Waals surface area contributed by atoms with Crippen LogP contribution in [0, 0.1) is 0 Å². The molecule has 0 bridgehead atoms. The number of hydrogen-bond acceptors (Lipinski definition) is 7. The van der Waals surface area contributed by atoms with Gasteiger partial charge >= 0.3 is 0 Å². The van der Waals surface area contributed by atoms with Crippen molar-refractivity contribution >= 4 is 55.7 Å². The fourth-order valence-electron chi connectivity index (χ4n) is 3.33. The highest BCUT2D eigenvalue weighted by atomic mass is 35.5. The average Bonchev–Trinajstić information content (AvgIpc) is 3.07. The lowest BCUT2D eigenvalue weighted by molar-refractivity contribution is 0.597. The van der Waals surface area contributed by atoms with E-state index in [0.717, 1.165) is 0 Å². The molecule has 0 atom stereocenters. The molecule has 2 aromatic carbocycles. The number of nitrogen functional groups attached to an aromatic ring is 1. The number of pyridine rings is 1. The van der Waals surface area contributed by atoms with Crippen LogP contribution < -0.4 is 5.73 Å². The maximum absolute atomic E-state index is 13.6. The van der Waals surface area contributed by atoms with Gasteiger partial charge in [-0.25, -0.2) is 18.4 Å². The van der Waals surface area contributed by atoms with Crippen molar-refractivity contribution in [2.24, 2.45) is 5.10 Å². The van der Waals surface area contributed by atoms with Crippen LogP contribution in [0.4, 0.5) is 5.82 Å². The van der Waals surface area contributed by atoms with Crippen LogP contribution in [0.5, 0.6) is 0 Å². The molecule has 10 heteroatoms. The summed E-state index contributed by atoms with van der Waals surface area (Å²) in [5.74, 6) is -0.109. The minimum absolute atomic E-state index is 0.000542. The van der Waals surface area contributed by atoms with Crippen molar-refractivity contribution in [1.82, 2.24) is 19.6 Å². The molecule has 32 heavy (non-hydrogen) atoms. The highest BCUT2D eigenvalue weighted by molar-refractivity contribution is 7.92. The Hall–Kier alpha value is -3.82. The van der Waals surface area contributed by atoms with Crippen LogP contribution in [-0.4, -0.2) is 34.3 Å². The summed E-state index contributed by atoms with van der Waals surface area (Å²) in [6, 6.07) is 18.5. The molecule has 158 valence electrons. The van der Waals surface area contributed by atoms with Gasteiger partial charge in [0.2, 0.25) is 9.84 Å². The van der Waals surface area contributed by atoms with E-state index in [1.54, 1.807) is 48.7 Å². The number of sulfone groups is 1. The van der Waals surface area contributed by atoms with Crippen molar-refractivity contribution in [2.75, 3.05) is 5.73 Å². The van der Waals surface area contributed by atoms with Gasteiger partial charge in [0.25, 0.3) is 0 Å². The van der Waals surface area contributed by atoms with Crippen molar-refractivity contribution in [1.29, 1.82) is 0 Å². The van der Waals surface area contributed by atoms with E-state index in [2.05, 4.69) is 20.1 Å². The number of aromatic nitrogens is 4. The summed E-state index contributed by atoms with van der Waals surface area (Å²) < 4.78 is 28.4. The van der Waals surface area contributed by atoms with Crippen LogP contribution in [0.25, 0.3) is 22.2 Å². The fourth-order valence-corrected chi connectivity index (χ4v) is 5.11. The molecule has 0 radical (unpaired) electrons. The summed E-state index contributed by atoms with van der Waals surface area (Å²) in [5.41, 5.74) is 8.37. The summed E-state index contributed by atoms with van der Waals surface area (Å²) in [7, 11) is -4.07. The Bertz CT molecular complexity index is 1610. The first-order valence-electron chi connectivity index (χ1n) is 9.48. The van der Waals surface area contributed by atoms with Crippen molar-refractivity contribution in [3.63, 3.8) is 0 Å². The molecule has 2 N–H and O–H groups in total. The third-order valence-electron chi connectivity index (χ3n) is 4.80. The lowest BCUT2D eigenvalue weighted by Crippen LogP contribution is -2.06. The van der Waals surface area contributed by atoms with Gasteiger partial charge in [-0.2, -0.15) is 9.78 Å². The van der Waals surface area contributed by atoms with Gasteiger partial charge in [0.15, 0.2) is 5.65 Å². The fraction of sp³-hybridized carbons (Fsp3) is 0. The monoisotopic (exact) mass is 462 g/mol. The highest BCUT2D eigenvalue weighted by Crippen LogP contribution is 2.35. The zero-order chi connectivity index (χ0) is 22.3. The molecular formula is C22H15ClN6O2S.